The molecular weight excluding hydrogens is 387 g/mol. The first-order valence-electron chi connectivity index (χ1n) is 8.98. The largest absolute Gasteiger partial charge is 0.809 e. The smallest absolute Gasteiger partial charge is 0.434 e. The molecule has 0 atom stereocenters. The van der Waals surface area contributed by atoms with Crippen molar-refractivity contribution in [3.8, 4) is 5.75 Å². The Balaban J connectivity index is 1.96. The van der Waals surface area contributed by atoms with Gasteiger partial charge in [-0.05, 0) is 44.7 Å². The molecule has 0 saturated heterocycles. The Morgan fingerprint density at radius 1 is 0.741 bits per heavy atom. The van der Waals surface area contributed by atoms with Crippen LogP contribution in [0.15, 0.2) is 76.8 Å². The molecule has 4 aromatic rings. The minimum atomic E-state index is -1.29. The van der Waals surface area contributed by atoms with E-state index in [9.17, 15) is 0 Å². The highest BCUT2D eigenvalue weighted by Crippen LogP contribution is 2.50. The van der Waals surface area contributed by atoms with Gasteiger partial charge in [0.15, 0.2) is 0 Å². The number of benzene rings is 1. The molecule has 0 unspecified atom stereocenters. The molecule has 0 N–H and O–H groups in total. The van der Waals surface area contributed by atoms with Gasteiger partial charge in [-0.1, -0.05) is 53.5 Å². The van der Waals surface area contributed by atoms with Crippen LogP contribution in [0.25, 0.3) is 11.0 Å². The number of hydrogen-bond donors (Lipinski definition) is 0. The molecule has 0 bridgehead atoms. The third kappa shape index (κ3) is 2.35. The van der Waals surface area contributed by atoms with Crippen LogP contribution >= 0.6 is 34.0 Å². The van der Waals surface area contributed by atoms with Gasteiger partial charge in [-0.2, -0.15) is 22.7 Å². The van der Waals surface area contributed by atoms with Crippen molar-refractivity contribution in [2.45, 2.75) is 6.92 Å². The molecule has 1 aliphatic heterocycles. The van der Waals surface area contributed by atoms with Crippen molar-refractivity contribution in [3.05, 3.63) is 87.2 Å². The molecule has 1 nitrogen and oxygen atoms in total. The van der Waals surface area contributed by atoms with Gasteiger partial charge in [0.05, 0.1) is 5.56 Å². The molecule has 0 fully saturated rings. The predicted molar refractivity (Wildman–Crippen MR) is 123 cm³/mol. The molecule has 0 saturated carbocycles. The van der Waals surface area contributed by atoms with E-state index in [1.165, 1.54) is 36.8 Å². The fraction of sp³-hybridized carbons (Fsp3) is 0.0909. The van der Waals surface area contributed by atoms with Crippen LogP contribution in [0.3, 0.4) is 0 Å². The lowest BCUT2D eigenvalue weighted by Crippen LogP contribution is -2.64. The highest BCUT2D eigenvalue weighted by molar-refractivity contribution is 7.40. The second-order valence-corrected chi connectivity index (χ2v) is 9.79. The lowest BCUT2D eigenvalue weighted by atomic mass is 9.31. The van der Waals surface area contributed by atoms with E-state index in [4.69, 9.17) is 0 Å². The Morgan fingerprint density at radius 3 is 1.96 bits per heavy atom. The minimum Gasteiger partial charge on any atom is -0.809 e. The van der Waals surface area contributed by atoms with E-state index in [-0.39, 0.29) is 0 Å². The van der Waals surface area contributed by atoms with Crippen molar-refractivity contribution >= 4 is 61.0 Å². The Kier molecular flexibility index (Phi) is 4.12. The number of fused-ring (bicyclic) bond motifs is 1. The van der Waals surface area contributed by atoms with E-state index in [1.807, 2.05) is 34.0 Å². The monoisotopic (exact) mass is 406 g/mol. The zero-order chi connectivity index (χ0) is 18.4. The summed E-state index contributed by atoms with van der Waals surface area (Å²) in [5.74, 6) is 1.23. The number of para-hydroxylation sites is 1. The number of allylic oxidation sites excluding steroid dienone is 1. The van der Waals surface area contributed by atoms with Crippen molar-refractivity contribution in [1.82, 2.24) is 0 Å². The van der Waals surface area contributed by atoms with Crippen LogP contribution in [-0.2, 0) is 4.28 Å². The second-order valence-electron chi connectivity index (χ2n) is 6.89. The van der Waals surface area contributed by atoms with Crippen LogP contribution in [0.4, 0.5) is 0 Å². The van der Waals surface area contributed by atoms with E-state index in [2.05, 4.69) is 95.1 Å². The van der Waals surface area contributed by atoms with Gasteiger partial charge in [0, 0.05) is 10.9 Å². The molecule has 0 radical (unpaired) electrons. The van der Waals surface area contributed by atoms with Crippen molar-refractivity contribution in [3.63, 3.8) is 0 Å². The predicted octanol–water partition coefficient (Wildman–Crippen LogP) is 6.01. The topological polar surface area (TPSA) is 2.70 Å². The molecule has 134 valence electrons. The normalized spacial score (nSPS) is 15.9. The molecule has 0 amide bonds. The average Bonchev–Trinajstić information content (AvgIpc) is 3.47. The van der Waals surface area contributed by atoms with E-state index >= 15 is 0 Å². The molecule has 5 heteroatoms. The van der Waals surface area contributed by atoms with Gasteiger partial charge in [-0.15, -0.1) is 11.3 Å². The molecular formula is C22H19BOS3. The fourth-order valence-electron chi connectivity index (χ4n) is 4.51. The van der Waals surface area contributed by atoms with Crippen molar-refractivity contribution in [2.75, 3.05) is 7.11 Å². The molecule has 5 rings (SSSR count). The summed E-state index contributed by atoms with van der Waals surface area (Å²) in [6.07, 6.45) is -1.29. The van der Waals surface area contributed by atoms with E-state index < -0.39 is 6.35 Å². The van der Waals surface area contributed by atoms with Crippen molar-refractivity contribution in [1.29, 1.82) is 0 Å². The maximum Gasteiger partial charge on any atom is 0.434 e. The van der Waals surface area contributed by atoms with Crippen LogP contribution in [-0.4, -0.2) is 13.5 Å². The summed E-state index contributed by atoms with van der Waals surface area (Å²) in [4.78, 5) is 1.35. The highest BCUT2D eigenvalue weighted by atomic mass is 32.1. The average molecular weight is 406 g/mol. The molecule has 0 spiro atoms. The van der Waals surface area contributed by atoms with E-state index in [0.29, 0.717) is 0 Å². The van der Waals surface area contributed by atoms with Gasteiger partial charge < -0.3 is 4.28 Å². The highest BCUT2D eigenvalue weighted by Gasteiger charge is 2.52. The van der Waals surface area contributed by atoms with Crippen LogP contribution in [0.2, 0.25) is 0 Å². The SMILES string of the molecule is CC1=C(c2cccs2)[B-](c2cccs2)(c2cccs2)[O+](C)c2ccccc21. The first-order chi connectivity index (χ1) is 13.2. The lowest BCUT2D eigenvalue weighted by Gasteiger charge is -2.53. The maximum atomic E-state index is 3.61. The first-order valence-corrected chi connectivity index (χ1v) is 11.6. The van der Waals surface area contributed by atoms with Crippen LogP contribution in [0.5, 0.6) is 5.75 Å². The van der Waals surface area contributed by atoms with Gasteiger partial charge in [0.1, 0.15) is 7.11 Å². The Labute approximate surface area is 171 Å². The van der Waals surface area contributed by atoms with Gasteiger partial charge in [-0.3, -0.25) is 0 Å². The van der Waals surface area contributed by atoms with Crippen LogP contribution < -0.4 is 9.55 Å². The zero-order valence-corrected chi connectivity index (χ0v) is 17.7. The van der Waals surface area contributed by atoms with Gasteiger partial charge >= 0.3 is 6.35 Å². The number of hydrogen-bond acceptors (Lipinski definition) is 3. The Morgan fingerprint density at radius 2 is 1.37 bits per heavy atom. The quantitative estimate of drug-likeness (QED) is 0.289. The second kappa shape index (κ2) is 6.52. The van der Waals surface area contributed by atoms with Crippen molar-refractivity contribution in [2.24, 2.45) is 0 Å². The van der Waals surface area contributed by atoms with E-state index in [0.717, 1.165) is 0 Å². The Hall–Kier alpha value is -2.08. The summed E-state index contributed by atoms with van der Waals surface area (Å²) in [6.45, 7) is 2.29. The maximum absolute atomic E-state index is 3.61. The number of thiophene rings is 3. The van der Waals surface area contributed by atoms with Gasteiger partial charge in [0.2, 0.25) is 5.75 Å². The first kappa shape index (κ1) is 17.1. The summed E-state index contributed by atoms with van der Waals surface area (Å²) >= 11 is 5.53. The molecule has 1 aliphatic rings. The molecule has 0 aliphatic carbocycles. The van der Waals surface area contributed by atoms with Gasteiger partial charge in [-0.25, -0.2) is 0 Å². The summed E-state index contributed by atoms with van der Waals surface area (Å²) in [5.41, 5.74) is 4.11. The van der Waals surface area contributed by atoms with Gasteiger partial charge in [0.25, 0.3) is 0 Å². The fourth-order valence-corrected chi connectivity index (χ4v) is 7.60. The summed E-state index contributed by atoms with van der Waals surface area (Å²) in [5, 5.41) is 6.58. The lowest BCUT2D eigenvalue weighted by molar-refractivity contribution is 0.174. The third-order valence-electron chi connectivity index (χ3n) is 5.65. The van der Waals surface area contributed by atoms with Crippen molar-refractivity contribution < 1.29 is 4.28 Å². The Bertz CT molecular complexity index is 1060. The molecule has 27 heavy (non-hydrogen) atoms. The molecule has 4 heterocycles. The summed E-state index contributed by atoms with van der Waals surface area (Å²) in [7, 11) is 2.19. The van der Waals surface area contributed by atoms with E-state index in [1.54, 1.807) is 0 Å². The van der Waals surface area contributed by atoms with Crippen LogP contribution in [0.1, 0.15) is 17.4 Å². The zero-order valence-electron chi connectivity index (χ0n) is 15.2. The molecule has 1 aromatic carbocycles. The summed E-state index contributed by atoms with van der Waals surface area (Å²) < 4.78 is 6.39. The third-order valence-corrected chi connectivity index (χ3v) is 8.62. The molecule has 3 aromatic heterocycles. The minimum absolute atomic E-state index is 1.23. The van der Waals surface area contributed by atoms with Crippen LogP contribution in [0, 0.1) is 0 Å². The number of rotatable bonds is 3. The summed E-state index contributed by atoms with van der Waals surface area (Å²) in [6, 6.07) is 22.1. The standard InChI is InChI=1S/C22H19BOS3/c1-16-17-8-3-4-9-18(17)24(2)23(20-11-6-14-26-20,21-12-7-15-27-21)22(16)19-10-5-13-25-19/h3-15H,1-2H3.